The van der Waals surface area contributed by atoms with E-state index in [1.54, 1.807) is 49.6 Å². The Kier molecular flexibility index (Phi) is 11.0. The van der Waals surface area contributed by atoms with E-state index in [4.69, 9.17) is 9.47 Å². The van der Waals surface area contributed by atoms with Gasteiger partial charge in [-0.25, -0.2) is 4.39 Å². The van der Waals surface area contributed by atoms with Crippen LogP contribution in [-0.4, -0.2) is 43.0 Å². The summed E-state index contributed by atoms with van der Waals surface area (Å²) in [6.07, 6.45) is 1.72. The van der Waals surface area contributed by atoms with E-state index in [2.05, 4.69) is 5.32 Å². The average Bonchev–Trinajstić information content (AvgIpc) is 2.93. The van der Waals surface area contributed by atoms with E-state index in [1.165, 1.54) is 11.0 Å². The third-order valence-corrected chi connectivity index (χ3v) is 5.98. The van der Waals surface area contributed by atoms with Gasteiger partial charge in [-0.1, -0.05) is 55.5 Å². The summed E-state index contributed by atoms with van der Waals surface area (Å²) in [5, 5.41) is 2.93. The zero-order valence-corrected chi connectivity index (χ0v) is 21.5. The fourth-order valence-corrected chi connectivity index (χ4v) is 3.96. The molecule has 0 aliphatic heterocycles. The average molecular weight is 507 g/mol. The van der Waals surface area contributed by atoms with Crippen molar-refractivity contribution < 1.29 is 23.5 Å². The molecule has 0 aliphatic carbocycles. The molecule has 0 aliphatic rings. The fourth-order valence-electron chi connectivity index (χ4n) is 3.96. The molecule has 0 bridgehead atoms. The van der Waals surface area contributed by atoms with Crippen molar-refractivity contribution in [2.24, 2.45) is 0 Å². The number of benzene rings is 3. The number of methoxy groups -OCH3 is 1. The Morgan fingerprint density at radius 2 is 1.62 bits per heavy atom. The topological polar surface area (TPSA) is 67.9 Å². The van der Waals surface area contributed by atoms with Crippen LogP contribution in [0.4, 0.5) is 4.39 Å². The summed E-state index contributed by atoms with van der Waals surface area (Å²) >= 11 is 0. The monoisotopic (exact) mass is 506 g/mol. The lowest BCUT2D eigenvalue weighted by atomic mass is 10.0. The van der Waals surface area contributed by atoms with Crippen molar-refractivity contribution in [3.63, 3.8) is 0 Å². The summed E-state index contributed by atoms with van der Waals surface area (Å²) in [4.78, 5) is 28.3. The van der Waals surface area contributed by atoms with Crippen molar-refractivity contribution in [3.8, 4) is 11.5 Å². The Morgan fingerprint density at radius 3 is 2.30 bits per heavy atom. The maximum atomic E-state index is 14.6. The van der Waals surface area contributed by atoms with Gasteiger partial charge >= 0.3 is 0 Å². The van der Waals surface area contributed by atoms with Crippen LogP contribution in [0.25, 0.3) is 0 Å². The first-order chi connectivity index (χ1) is 18.0. The van der Waals surface area contributed by atoms with Crippen molar-refractivity contribution >= 4 is 11.8 Å². The molecule has 0 saturated carbocycles. The SMILES string of the molecule is CCCNC(=O)[C@@H](Cc1ccccc1)N(Cc1ccccc1F)C(=O)CCCOc1ccc(OC)cc1. The van der Waals surface area contributed by atoms with Gasteiger partial charge < -0.3 is 19.7 Å². The van der Waals surface area contributed by atoms with Gasteiger partial charge in [0.2, 0.25) is 11.8 Å². The molecule has 1 N–H and O–H groups in total. The fraction of sp³-hybridized carbons (Fsp3) is 0.333. The maximum absolute atomic E-state index is 14.6. The highest BCUT2D eigenvalue weighted by Crippen LogP contribution is 2.20. The molecule has 37 heavy (non-hydrogen) atoms. The minimum Gasteiger partial charge on any atom is -0.497 e. The summed E-state index contributed by atoms with van der Waals surface area (Å²) in [7, 11) is 1.60. The van der Waals surface area contributed by atoms with E-state index in [-0.39, 0.29) is 24.8 Å². The summed E-state index contributed by atoms with van der Waals surface area (Å²) < 4.78 is 25.5. The second-order valence-electron chi connectivity index (χ2n) is 8.74. The molecular formula is C30H35FN2O4. The predicted molar refractivity (Wildman–Crippen MR) is 142 cm³/mol. The normalized spacial score (nSPS) is 11.4. The van der Waals surface area contributed by atoms with Gasteiger partial charge in [-0.05, 0) is 48.7 Å². The Morgan fingerprint density at radius 1 is 0.946 bits per heavy atom. The van der Waals surface area contributed by atoms with Crippen molar-refractivity contribution in [1.82, 2.24) is 10.2 Å². The van der Waals surface area contributed by atoms with Gasteiger partial charge in [-0.15, -0.1) is 0 Å². The van der Waals surface area contributed by atoms with E-state index < -0.39 is 11.9 Å². The van der Waals surface area contributed by atoms with Crippen molar-refractivity contribution in [2.45, 2.75) is 45.2 Å². The highest BCUT2D eigenvalue weighted by molar-refractivity contribution is 5.88. The number of nitrogens with one attached hydrogen (secondary N) is 1. The summed E-state index contributed by atoms with van der Waals surface area (Å²) in [5.74, 6) is 0.532. The molecular weight excluding hydrogens is 471 g/mol. The minimum absolute atomic E-state index is 0.00187. The third-order valence-electron chi connectivity index (χ3n) is 5.98. The van der Waals surface area contributed by atoms with E-state index in [1.807, 2.05) is 37.3 Å². The molecule has 0 spiro atoms. The Balaban J connectivity index is 1.76. The second kappa shape index (κ2) is 14.6. The van der Waals surface area contributed by atoms with Crippen LogP contribution < -0.4 is 14.8 Å². The van der Waals surface area contributed by atoms with Crippen LogP contribution in [0.15, 0.2) is 78.9 Å². The number of halogens is 1. The van der Waals surface area contributed by atoms with Gasteiger partial charge in [0.15, 0.2) is 0 Å². The molecule has 0 heterocycles. The van der Waals surface area contributed by atoms with Gasteiger partial charge in [0.25, 0.3) is 0 Å². The highest BCUT2D eigenvalue weighted by atomic mass is 19.1. The van der Waals surface area contributed by atoms with E-state index in [9.17, 15) is 14.0 Å². The number of hydrogen-bond donors (Lipinski definition) is 1. The smallest absolute Gasteiger partial charge is 0.243 e. The van der Waals surface area contributed by atoms with Gasteiger partial charge in [-0.3, -0.25) is 9.59 Å². The number of hydrogen-bond acceptors (Lipinski definition) is 4. The molecule has 7 heteroatoms. The van der Waals surface area contributed by atoms with E-state index in [0.29, 0.717) is 37.3 Å². The van der Waals surface area contributed by atoms with Crippen LogP contribution in [0.5, 0.6) is 11.5 Å². The maximum Gasteiger partial charge on any atom is 0.243 e. The van der Waals surface area contributed by atoms with Gasteiger partial charge in [0.1, 0.15) is 23.4 Å². The summed E-state index contributed by atoms with van der Waals surface area (Å²) in [6.45, 7) is 2.80. The number of carbonyl (C=O) groups is 2. The molecule has 196 valence electrons. The predicted octanol–water partition coefficient (Wildman–Crippen LogP) is 5.16. The van der Waals surface area contributed by atoms with Crippen molar-refractivity contribution in [3.05, 3.63) is 95.8 Å². The molecule has 3 aromatic rings. The molecule has 0 radical (unpaired) electrons. The van der Waals surface area contributed by atoms with Crippen LogP contribution in [-0.2, 0) is 22.6 Å². The molecule has 6 nitrogen and oxygen atoms in total. The number of nitrogens with zero attached hydrogens (tertiary/aromatic N) is 1. The molecule has 2 amide bonds. The molecule has 0 fully saturated rings. The van der Waals surface area contributed by atoms with Gasteiger partial charge in [-0.2, -0.15) is 0 Å². The minimum atomic E-state index is -0.774. The quantitative estimate of drug-likeness (QED) is 0.307. The molecule has 0 aromatic heterocycles. The largest absolute Gasteiger partial charge is 0.497 e. The Hall–Kier alpha value is -3.87. The van der Waals surface area contributed by atoms with Crippen LogP contribution in [0.3, 0.4) is 0 Å². The first kappa shape index (κ1) is 27.7. The van der Waals surface area contributed by atoms with Crippen LogP contribution in [0, 0.1) is 5.82 Å². The van der Waals surface area contributed by atoms with Gasteiger partial charge in [0.05, 0.1) is 13.7 Å². The molecule has 3 rings (SSSR count). The van der Waals surface area contributed by atoms with Crippen LogP contribution in [0.1, 0.15) is 37.3 Å². The van der Waals surface area contributed by atoms with Crippen LogP contribution >= 0.6 is 0 Å². The standard InChI is InChI=1S/C30H35FN2O4/c1-3-19-32-30(35)28(21-23-10-5-4-6-11-23)33(22-24-12-7-8-13-27(24)31)29(34)14-9-20-37-26-17-15-25(36-2)16-18-26/h4-8,10-13,15-18,28H,3,9,14,19-22H2,1-2H3,(H,32,35)/t28-/m1/s1. The molecule has 0 unspecified atom stereocenters. The zero-order chi connectivity index (χ0) is 26.5. The number of amides is 2. The first-order valence-electron chi connectivity index (χ1n) is 12.6. The van der Waals surface area contributed by atoms with E-state index >= 15 is 0 Å². The number of rotatable bonds is 14. The highest BCUT2D eigenvalue weighted by Gasteiger charge is 2.30. The summed E-state index contributed by atoms with van der Waals surface area (Å²) in [6, 6.07) is 22.3. The number of carbonyl (C=O) groups excluding carboxylic acids is 2. The van der Waals surface area contributed by atoms with Crippen molar-refractivity contribution in [1.29, 1.82) is 0 Å². The van der Waals surface area contributed by atoms with Crippen LogP contribution in [0.2, 0.25) is 0 Å². The molecule has 1 atom stereocenters. The molecule has 3 aromatic carbocycles. The van der Waals surface area contributed by atoms with E-state index in [0.717, 1.165) is 17.7 Å². The first-order valence-corrected chi connectivity index (χ1v) is 12.6. The number of ether oxygens (including phenoxy) is 2. The Labute approximate surface area is 218 Å². The lowest BCUT2D eigenvalue weighted by Crippen LogP contribution is -2.50. The third kappa shape index (κ3) is 8.63. The van der Waals surface area contributed by atoms with Gasteiger partial charge in [0, 0.05) is 31.5 Å². The summed E-state index contributed by atoms with van der Waals surface area (Å²) in [5.41, 5.74) is 1.29. The second-order valence-corrected chi connectivity index (χ2v) is 8.74. The lowest BCUT2D eigenvalue weighted by molar-refractivity contribution is -0.141. The lowest BCUT2D eigenvalue weighted by Gasteiger charge is -2.31. The Bertz CT molecular complexity index is 1120. The zero-order valence-electron chi connectivity index (χ0n) is 21.5. The van der Waals surface area contributed by atoms with Crippen molar-refractivity contribution in [2.75, 3.05) is 20.3 Å². The molecule has 0 saturated heterocycles.